The molecule has 0 bridgehead atoms. The second-order valence-corrected chi connectivity index (χ2v) is 6.71. The van der Waals surface area contributed by atoms with Gasteiger partial charge in [-0.05, 0) is 12.1 Å². The van der Waals surface area contributed by atoms with Crippen molar-refractivity contribution in [2.24, 2.45) is 5.41 Å². The summed E-state index contributed by atoms with van der Waals surface area (Å²) in [7, 11) is 0. The number of Topliss-reactive ketones (excluding diaryl/α,β-unsaturated/α-hetero) is 1. The standard InChI is InChI=1S/C18H22FN3O/c1-18(2,3)17(23)14(12-20)13-21-8-10-22(11-9-21)16-7-5-4-6-15(16)19/h4-7,13H,8-11H2,1-3H3/b14-13+. The molecule has 1 aliphatic rings. The lowest BCUT2D eigenvalue weighted by molar-refractivity contribution is -0.122. The molecule has 23 heavy (non-hydrogen) atoms. The van der Waals surface area contributed by atoms with Gasteiger partial charge in [0.15, 0.2) is 5.78 Å². The summed E-state index contributed by atoms with van der Waals surface area (Å²) in [6, 6.07) is 8.72. The fraction of sp³-hybridized carbons (Fsp3) is 0.444. The molecule has 2 rings (SSSR count). The van der Waals surface area contributed by atoms with Gasteiger partial charge in [-0.25, -0.2) is 4.39 Å². The minimum absolute atomic E-state index is 0.156. The van der Waals surface area contributed by atoms with Crippen LogP contribution in [0.15, 0.2) is 36.0 Å². The highest BCUT2D eigenvalue weighted by Gasteiger charge is 2.26. The van der Waals surface area contributed by atoms with Crippen molar-refractivity contribution in [3.8, 4) is 6.07 Å². The number of nitriles is 1. The van der Waals surface area contributed by atoms with Crippen LogP contribution in [0.2, 0.25) is 0 Å². The number of hydrogen-bond acceptors (Lipinski definition) is 4. The molecule has 5 heteroatoms. The first-order valence-electron chi connectivity index (χ1n) is 7.73. The molecule has 0 aliphatic carbocycles. The zero-order valence-electron chi connectivity index (χ0n) is 13.8. The molecule has 1 aliphatic heterocycles. The Hall–Kier alpha value is -2.35. The van der Waals surface area contributed by atoms with Crippen LogP contribution in [0.1, 0.15) is 20.8 Å². The number of benzene rings is 1. The predicted molar refractivity (Wildman–Crippen MR) is 88.3 cm³/mol. The van der Waals surface area contributed by atoms with E-state index in [-0.39, 0.29) is 17.2 Å². The Labute approximate surface area is 136 Å². The van der Waals surface area contributed by atoms with E-state index in [0.29, 0.717) is 31.9 Å². The first-order chi connectivity index (χ1) is 10.8. The molecule has 1 saturated heterocycles. The van der Waals surface area contributed by atoms with Gasteiger partial charge in [0.05, 0.1) is 5.69 Å². The molecule has 1 aromatic rings. The summed E-state index contributed by atoms with van der Waals surface area (Å²) in [5, 5.41) is 9.23. The lowest BCUT2D eigenvalue weighted by Gasteiger charge is -2.36. The predicted octanol–water partition coefficient (Wildman–Crippen LogP) is 2.97. The van der Waals surface area contributed by atoms with E-state index in [1.807, 2.05) is 21.9 Å². The number of ketones is 1. The normalized spacial score (nSPS) is 16.2. The summed E-state index contributed by atoms with van der Waals surface area (Å²) in [4.78, 5) is 16.2. The van der Waals surface area contributed by atoms with Crippen molar-refractivity contribution >= 4 is 11.5 Å². The van der Waals surface area contributed by atoms with Crippen LogP contribution >= 0.6 is 0 Å². The van der Waals surface area contributed by atoms with E-state index in [4.69, 9.17) is 0 Å². The Kier molecular flexibility index (Phi) is 5.05. The first-order valence-corrected chi connectivity index (χ1v) is 7.73. The van der Waals surface area contributed by atoms with Crippen LogP contribution in [-0.4, -0.2) is 36.9 Å². The minimum Gasteiger partial charge on any atom is -0.373 e. The van der Waals surface area contributed by atoms with E-state index < -0.39 is 5.41 Å². The van der Waals surface area contributed by atoms with Crippen molar-refractivity contribution in [1.82, 2.24) is 4.90 Å². The van der Waals surface area contributed by atoms with Crippen molar-refractivity contribution < 1.29 is 9.18 Å². The Bertz CT molecular complexity index is 647. The Morgan fingerprint density at radius 1 is 1.22 bits per heavy atom. The van der Waals surface area contributed by atoms with Crippen LogP contribution in [-0.2, 0) is 4.79 Å². The second-order valence-electron chi connectivity index (χ2n) is 6.71. The number of anilines is 1. The van der Waals surface area contributed by atoms with E-state index in [2.05, 4.69) is 0 Å². The summed E-state index contributed by atoms with van der Waals surface area (Å²) in [6.07, 6.45) is 1.65. The molecule has 122 valence electrons. The van der Waals surface area contributed by atoms with Gasteiger partial charge >= 0.3 is 0 Å². The third-order valence-corrected chi connectivity index (χ3v) is 3.87. The van der Waals surface area contributed by atoms with Gasteiger partial charge in [-0.3, -0.25) is 4.79 Å². The summed E-state index contributed by atoms with van der Waals surface area (Å²) in [5.74, 6) is -0.381. The number of para-hydroxylation sites is 1. The number of carbonyl (C=O) groups excluding carboxylic acids is 1. The average molecular weight is 315 g/mol. The topological polar surface area (TPSA) is 47.3 Å². The van der Waals surface area contributed by atoms with Crippen LogP contribution < -0.4 is 4.90 Å². The molecule has 0 saturated carbocycles. The summed E-state index contributed by atoms with van der Waals surface area (Å²) in [5.41, 5.74) is 0.204. The lowest BCUT2D eigenvalue weighted by atomic mass is 9.87. The molecule has 1 fully saturated rings. The molecular formula is C18H22FN3O. The highest BCUT2D eigenvalue weighted by atomic mass is 19.1. The molecule has 0 aromatic heterocycles. The highest BCUT2D eigenvalue weighted by molar-refractivity contribution is 6.02. The van der Waals surface area contributed by atoms with Crippen LogP contribution in [0.25, 0.3) is 0 Å². The van der Waals surface area contributed by atoms with Gasteiger partial charge in [0.1, 0.15) is 17.5 Å². The molecule has 1 aromatic carbocycles. The van der Waals surface area contributed by atoms with Gasteiger partial charge in [0.2, 0.25) is 0 Å². The SMILES string of the molecule is CC(C)(C)C(=O)/C(C#N)=C/N1CCN(c2ccccc2F)CC1. The fourth-order valence-corrected chi connectivity index (χ4v) is 2.52. The number of hydrogen-bond donors (Lipinski definition) is 0. The average Bonchev–Trinajstić information content (AvgIpc) is 2.52. The Morgan fingerprint density at radius 3 is 2.35 bits per heavy atom. The van der Waals surface area contributed by atoms with Crippen LogP contribution in [0.5, 0.6) is 0 Å². The second kappa shape index (κ2) is 6.82. The number of nitrogens with zero attached hydrogens (tertiary/aromatic N) is 3. The Morgan fingerprint density at radius 2 is 1.83 bits per heavy atom. The van der Waals surface area contributed by atoms with Crippen molar-refractivity contribution in [3.05, 3.63) is 41.9 Å². The number of allylic oxidation sites excluding steroid dienone is 1. The minimum atomic E-state index is -0.573. The quantitative estimate of drug-likeness (QED) is 0.635. The number of halogens is 1. The molecule has 4 nitrogen and oxygen atoms in total. The van der Waals surface area contributed by atoms with Crippen LogP contribution in [0, 0.1) is 22.6 Å². The van der Waals surface area contributed by atoms with Crippen molar-refractivity contribution in [1.29, 1.82) is 5.26 Å². The highest BCUT2D eigenvalue weighted by Crippen LogP contribution is 2.22. The van der Waals surface area contributed by atoms with E-state index >= 15 is 0 Å². The maximum Gasteiger partial charge on any atom is 0.180 e. The summed E-state index contributed by atoms with van der Waals surface area (Å²) >= 11 is 0. The van der Waals surface area contributed by atoms with Gasteiger partial charge in [-0.2, -0.15) is 5.26 Å². The van der Waals surface area contributed by atoms with Gasteiger partial charge < -0.3 is 9.80 Å². The van der Waals surface area contributed by atoms with E-state index in [1.165, 1.54) is 6.07 Å². The number of piperazine rings is 1. The summed E-state index contributed by atoms with van der Waals surface area (Å²) in [6.45, 7) is 8.01. The van der Waals surface area contributed by atoms with Crippen molar-refractivity contribution in [2.45, 2.75) is 20.8 Å². The zero-order valence-corrected chi connectivity index (χ0v) is 13.8. The van der Waals surface area contributed by atoms with Gasteiger partial charge in [0, 0.05) is 37.8 Å². The van der Waals surface area contributed by atoms with Gasteiger partial charge in [-0.1, -0.05) is 32.9 Å². The van der Waals surface area contributed by atoms with E-state index in [1.54, 1.807) is 39.1 Å². The van der Waals surface area contributed by atoms with E-state index in [9.17, 15) is 14.4 Å². The zero-order chi connectivity index (χ0) is 17.0. The van der Waals surface area contributed by atoms with Crippen molar-refractivity contribution in [2.75, 3.05) is 31.1 Å². The monoisotopic (exact) mass is 315 g/mol. The third kappa shape index (κ3) is 4.10. The Balaban J connectivity index is 2.04. The van der Waals surface area contributed by atoms with Crippen molar-refractivity contribution in [3.63, 3.8) is 0 Å². The maximum absolute atomic E-state index is 13.8. The third-order valence-electron chi connectivity index (χ3n) is 3.87. The smallest absolute Gasteiger partial charge is 0.180 e. The summed E-state index contributed by atoms with van der Waals surface area (Å²) < 4.78 is 13.8. The van der Waals surface area contributed by atoms with Crippen LogP contribution in [0.3, 0.4) is 0 Å². The lowest BCUT2D eigenvalue weighted by Crippen LogP contribution is -2.44. The number of rotatable bonds is 3. The van der Waals surface area contributed by atoms with E-state index in [0.717, 1.165) is 0 Å². The molecular weight excluding hydrogens is 293 g/mol. The molecule has 0 radical (unpaired) electrons. The molecule has 0 amide bonds. The molecule has 1 heterocycles. The molecule has 0 spiro atoms. The fourth-order valence-electron chi connectivity index (χ4n) is 2.52. The number of carbonyl (C=O) groups is 1. The maximum atomic E-state index is 13.8. The van der Waals surface area contributed by atoms with Gasteiger partial charge in [-0.15, -0.1) is 0 Å². The molecule has 0 unspecified atom stereocenters. The molecule has 0 atom stereocenters. The largest absolute Gasteiger partial charge is 0.373 e. The molecule has 0 N–H and O–H groups in total. The van der Waals surface area contributed by atoms with Gasteiger partial charge in [0.25, 0.3) is 0 Å². The van der Waals surface area contributed by atoms with Crippen LogP contribution in [0.4, 0.5) is 10.1 Å². The first kappa shape index (κ1) is 17.0.